The zero-order valence-electron chi connectivity index (χ0n) is 14.7. The van der Waals surface area contributed by atoms with Gasteiger partial charge >= 0.3 is 0 Å². The first kappa shape index (κ1) is 18.4. The smallest absolute Gasteiger partial charge is 0.261 e. The molecule has 138 valence electrons. The van der Waals surface area contributed by atoms with Gasteiger partial charge in [0.15, 0.2) is 0 Å². The molecule has 0 spiro atoms. The van der Waals surface area contributed by atoms with Gasteiger partial charge in [-0.05, 0) is 56.2 Å². The van der Waals surface area contributed by atoms with E-state index in [2.05, 4.69) is 4.72 Å². The summed E-state index contributed by atoms with van der Waals surface area (Å²) in [5, 5.41) is 0. The Morgan fingerprint density at radius 1 is 1.15 bits per heavy atom. The van der Waals surface area contributed by atoms with Crippen molar-refractivity contribution >= 4 is 21.6 Å². The highest BCUT2D eigenvalue weighted by Gasteiger charge is 2.28. The Labute approximate surface area is 154 Å². The van der Waals surface area contributed by atoms with E-state index in [0.29, 0.717) is 24.3 Å². The summed E-state index contributed by atoms with van der Waals surface area (Å²) in [6.45, 7) is 3.07. The van der Waals surface area contributed by atoms with Crippen LogP contribution in [-0.4, -0.2) is 38.4 Å². The third-order valence-electron chi connectivity index (χ3n) is 4.63. The highest BCUT2D eigenvalue weighted by molar-refractivity contribution is 7.92. The van der Waals surface area contributed by atoms with E-state index in [-0.39, 0.29) is 16.8 Å². The number of nitrogens with one attached hydrogen (secondary N) is 1. The molecule has 7 heteroatoms. The van der Waals surface area contributed by atoms with Crippen LogP contribution in [0.25, 0.3) is 0 Å². The van der Waals surface area contributed by atoms with Crippen LogP contribution in [0.15, 0.2) is 53.4 Å². The Balaban J connectivity index is 1.76. The van der Waals surface area contributed by atoms with E-state index in [1.165, 1.54) is 12.1 Å². The number of carbonyl (C=O) groups excluding carboxylic acids is 1. The molecule has 0 bridgehead atoms. The Kier molecular flexibility index (Phi) is 5.29. The van der Waals surface area contributed by atoms with Gasteiger partial charge in [-0.2, -0.15) is 0 Å². The summed E-state index contributed by atoms with van der Waals surface area (Å²) in [5.41, 5.74) is 7.74. The zero-order valence-corrected chi connectivity index (χ0v) is 15.5. The number of hydrogen-bond acceptors (Lipinski definition) is 4. The maximum atomic E-state index is 12.6. The number of benzene rings is 2. The summed E-state index contributed by atoms with van der Waals surface area (Å²) < 4.78 is 27.5. The number of likely N-dealkylation sites (tertiary alicyclic amines) is 1. The molecule has 1 unspecified atom stereocenters. The van der Waals surface area contributed by atoms with Gasteiger partial charge in [0.25, 0.3) is 15.9 Å². The van der Waals surface area contributed by atoms with Gasteiger partial charge in [0.1, 0.15) is 0 Å². The molecule has 3 N–H and O–H groups in total. The van der Waals surface area contributed by atoms with Crippen LogP contribution in [0.4, 0.5) is 5.69 Å². The van der Waals surface area contributed by atoms with Gasteiger partial charge in [0.2, 0.25) is 0 Å². The second-order valence-electron chi connectivity index (χ2n) is 6.53. The molecule has 0 radical (unpaired) electrons. The molecule has 0 aliphatic carbocycles. The predicted octanol–water partition coefficient (Wildman–Crippen LogP) is 2.36. The fourth-order valence-corrected chi connectivity index (χ4v) is 4.18. The average molecular weight is 373 g/mol. The number of hydrogen-bond donors (Lipinski definition) is 2. The van der Waals surface area contributed by atoms with Crippen LogP contribution in [0.3, 0.4) is 0 Å². The van der Waals surface area contributed by atoms with Gasteiger partial charge in [-0.15, -0.1) is 0 Å². The van der Waals surface area contributed by atoms with E-state index in [1.807, 2.05) is 19.1 Å². The van der Waals surface area contributed by atoms with Crippen LogP contribution in [0, 0.1) is 6.92 Å². The third-order valence-corrected chi connectivity index (χ3v) is 6.02. The molecule has 1 amide bonds. The second kappa shape index (κ2) is 7.47. The molecule has 1 heterocycles. The van der Waals surface area contributed by atoms with Crippen LogP contribution >= 0.6 is 0 Å². The summed E-state index contributed by atoms with van der Waals surface area (Å²) in [6, 6.07) is 13.2. The van der Waals surface area contributed by atoms with Crippen molar-refractivity contribution in [2.45, 2.75) is 30.7 Å². The molecule has 6 nitrogen and oxygen atoms in total. The van der Waals surface area contributed by atoms with E-state index in [1.54, 1.807) is 29.2 Å². The van der Waals surface area contributed by atoms with E-state index in [4.69, 9.17) is 5.73 Å². The minimum absolute atomic E-state index is 0.0640. The van der Waals surface area contributed by atoms with Crippen molar-refractivity contribution in [2.24, 2.45) is 5.73 Å². The summed E-state index contributed by atoms with van der Waals surface area (Å²) in [5.74, 6) is -0.103. The fraction of sp³-hybridized carbons (Fsp3) is 0.316. The fourth-order valence-electron chi connectivity index (χ4n) is 3.13. The number of nitrogens with zero attached hydrogens (tertiary/aromatic N) is 1. The van der Waals surface area contributed by atoms with Crippen LogP contribution in [0.5, 0.6) is 0 Å². The Bertz CT molecular complexity index is 877. The number of rotatable bonds is 5. The lowest BCUT2D eigenvalue weighted by Crippen LogP contribution is -2.39. The molecule has 2 aromatic carbocycles. The molecule has 1 aliphatic heterocycles. The highest BCUT2D eigenvalue weighted by Crippen LogP contribution is 2.21. The molecular formula is C19H23N3O3S. The molecule has 1 aliphatic rings. The first-order valence-electron chi connectivity index (χ1n) is 8.61. The first-order valence-corrected chi connectivity index (χ1v) is 10.1. The maximum Gasteiger partial charge on any atom is 0.261 e. The van der Waals surface area contributed by atoms with Crippen LogP contribution in [-0.2, 0) is 10.0 Å². The van der Waals surface area contributed by atoms with Crippen LogP contribution in [0.1, 0.15) is 28.8 Å². The Morgan fingerprint density at radius 2 is 1.81 bits per heavy atom. The molecule has 0 aromatic heterocycles. The quantitative estimate of drug-likeness (QED) is 0.841. The van der Waals surface area contributed by atoms with Crippen molar-refractivity contribution in [2.75, 3.05) is 17.8 Å². The minimum atomic E-state index is -3.70. The number of carbonyl (C=O) groups is 1. The van der Waals surface area contributed by atoms with Gasteiger partial charge in [-0.25, -0.2) is 8.42 Å². The molecule has 1 saturated heterocycles. The molecular weight excluding hydrogens is 350 g/mol. The van der Waals surface area contributed by atoms with Crippen molar-refractivity contribution in [1.82, 2.24) is 4.90 Å². The summed E-state index contributed by atoms with van der Waals surface area (Å²) in [4.78, 5) is 14.5. The van der Waals surface area contributed by atoms with Gasteiger partial charge in [-0.1, -0.05) is 17.7 Å². The minimum Gasteiger partial charge on any atom is -0.334 e. The molecule has 3 rings (SSSR count). The van der Waals surface area contributed by atoms with E-state index >= 15 is 0 Å². The number of aryl methyl sites for hydroxylation is 1. The number of anilines is 1. The number of amides is 1. The third kappa shape index (κ3) is 3.89. The van der Waals surface area contributed by atoms with Gasteiger partial charge in [-0.3, -0.25) is 9.52 Å². The van der Waals surface area contributed by atoms with E-state index in [0.717, 1.165) is 18.4 Å². The van der Waals surface area contributed by atoms with E-state index < -0.39 is 10.0 Å². The Morgan fingerprint density at radius 3 is 2.42 bits per heavy atom. The molecule has 1 fully saturated rings. The van der Waals surface area contributed by atoms with Gasteiger partial charge in [0, 0.05) is 30.4 Å². The van der Waals surface area contributed by atoms with Crippen molar-refractivity contribution in [3.05, 3.63) is 59.7 Å². The zero-order chi connectivity index (χ0) is 18.7. The lowest BCUT2D eigenvalue weighted by Gasteiger charge is -2.23. The largest absolute Gasteiger partial charge is 0.334 e. The predicted molar refractivity (Wildman–Crippen MR) is 102 cm³/mol. The topological polar surface area (TPSA) is 92.5 Å². The van der Waals surface area contributed by atoms with Gasteiger partial charge < -0.3 is 10.6 Å². The van der Waals surface area contributed by atoms with Crippen molar-refractivity contribution < 1.29 is 13.2 Å². The summed E-state index contributed by atoms with van der Waals surface area (Å²) in [7, 11) is -3.70. The van der Waals surface area contributed by atoms with Gasteiger partial charge in [0.05, 0.1) is 4.90 Å². The number of sulfonamides is 1. The van der Waals surface area contributed by atoms with Crippen molar-refractivity contribution in [1.29, 1.82) is 0 Å². The molecule has 0 saturated carbocycles. The molecule has 2 aromatic rings. The van der Waals surface area contributed by atoms with Crippen LogP contribution < -0.4 is 10.5 Å². The van der Waals surface area contributed by atoms with E-state index in [9.17, 15) is 13.2 Å². The second-order valence-corrected chi connectivity index (χ2v) is 8.21. The first-order chi connectivity index (χ1) is 12.4. The molecule has 26 heavy (non-hydrogen) atoms. The SMILES string of the molecule is Cc1ccc(NS(=O)(=O)c2ccc(C(=O)N3CCCC3CN)cc2)cc1. The molecule has 1 atom stereocenters. The number of nitrogens with two attached hydrogens (primary N) is 1. The Hall–Kier alpha value is -2.38. The normalized spacial score (nSPS) is 17.3. The summed E-state index contributed by atoms with van der Waals surface area (Å²) in [6.07, 6.45) is 1.86. The van der Waals surface area contributed by atoms with Crippen molar-refractivity contribution in [3.63, 3.8) is 0 Å². The maximum absolute atomic E-state index is 12.6. The standard InChI is InChI=1S/C19H23N3O3S/c1-14-4-8-16(9-5-14)21-26(24,25)18-10-6-15(7-11-18)19(23)22-12-2-3-17(22)13-20/h4-11,17,21H,2-3,12-13,20H2,1H3. The summed E-state index contributed by atoms with van der Waals surface area (Å²) >= 11 is 0. The lowest BCUT2D eigenvalue weighted by molar-refractivity contribution is 0.0741. The van der Waals surface area contributed by atoms with Crippen LogP contribution in [0.2, 0.25) is 0 Å². The monoisotopic (exact) mass is 373 g/mol. The highest BCUT2D eigenvalue weighted by atomic mass is 32.2. The lowest BCUT2D eigenvalue weighted by atomic mass is 10.1. The average Bonchev–Trinajstić information content (AvgIpc) is 3.12. The van der Waals surface area contributed by atoms with Crippen molar-refractivity contribution in [3.8, 4) is 0 Å².